The number of anilines is 1. The first kappa shape index (κ1) is 14.6. The highest BCUT2D eigenvalue weighted by molar-refractivity contribution is 7.99. The van der Waals surface area contributed by atoms with Crippen LogP contribution in [0.15, 0.2) is 18.2 Å². The number of nitrogens with one attached hydrogen (secondary N) is 1. The van der Waals surface area contributed by atoms with E-state index in [1.807, 2.05) is 0 Å². The van der Waals surface area contributed by atoms with E-state index in [4.69, 9.17) is 5.11 Å². The molecule has 1 fully saturated rings. The summed E-state index contributed by atoms with van der Waals surface area (Å²) in [6, 6.07) is 2.74. The number of rotatable bonds is 2. The zero-order valence-electron chi connectivity index (χ0n) is 10.9. The fraction of sp³-hybridized carbons (Fsp3) is 0.385. The molecule has 1 atom stereocenters. The first-order valence-electron chi connectivity index (χ1n) is 6.13. The van der Waals surface area contributed by atoms with Crippen molar-refractivity contribution in [1.29, 1.82) is 0 Å². The number of nitrogens with zero attached hydrogens (tertiary/aromatic N) is 1. The quantitative estimate of drug-likeness (QED) is 0.878. The highest BCUT2D eigenvalue weighted by Gasteiger charge is 2.32. The van der Waals surface area contributed by atoms with Crippen molar-refractivity contribution in [2.45, 2.75) is 13.0 Å². The third-order valence-corrected chi connectivity index (χ3v) is 4.14. The number of hydrogen-bond acceptors (Lipinski definition) is 3. The molecule has 0 bridgehead atoms. The zero-order valence-corrected chi connectivity index (χ0v) is 11.7. The minimum Gasteiger partial charge on any atom is -0.480 e. The highest BCUT2D eigenvalue weighted by Crippen LogP contribution is 2.20. The number of hydrogen-bond donors (Lipinski definition) is 2. The summed E-state index contributed by atoms with van der Waals surface area (Å²) >= 11 is 1.50. The number of aliphatic carboxylic acids is 1. The fourth-order valence-corrected chi connectivity index (χ4v) is 3.01. The van der Waals surface area contributed by atoms with Gasteiger partial charge in [0.15, 0.2) is 0 Å². The Kier molecular flexibility index (Phi) is 4.49. The zero-order chi connectivity index (χ0) is 14.7. The molecular weight excluding hydrogens is 283 g/mol. The van der Waals surface area contributed by atoms with Crippen LogP contribution < -0.4 is 5.32 Å². The average molecular weight is 298 g/mol. The number of amides is 2. The number of benzene rings is 1. The Bertz CT molecular complexity index is 538. The SMILES string of the molecule is Cc1ccc(F)cc1NC(=O)N1CCSCC1C(=O)O. The second-order valence-corrected chi connectivity index (χ2v) is 5.66. The number of carbonyl (C=O) groups is 2. The summed E-state index contributed by atoms with van der Waals surface area (Å²) in [5, 5.41) is 11.7. The summed E-state index contributed by atoms with van der Waals surface area (Å²) in [5.74, 6) is -0.414. The fourth-order valence-electron chi connectivity index (χ4n) is 1.97. The maximum absolute atomic E-state index is 13.2. The van der Waals surface area contributed by atoms with Gasteiger partial charge in [-0.3, -0.25) is 0 Å². The molecule has 0 saturated carbocycles. The molecule has 1 aromatic carbocycles. The van der Waals surface area contributed by atoms with Gasteiger partial charge in [0, 0.05) is 23.7 Å². The molecule has 5 nitrogen and oxygen atoms in total. The Morgan fingerprint density at radius 1 is 1.50 bits per heavy atom. The molecule has 1 saturated heterocycles. The molecule has 1 aliphatic rings. The highest BCUT2D eigenvalue weighted by atomic mass is 32.2. The molecule has 0 spiro atoms. The Morgan fingerprint density at radius 2 is 2.25 bits per heavy atom. The molecule has 7 heteroatoms. The van der Waals surface area contributed by atoms with Gasteiger partial charge in [-0.15, -0.1) is 0 Å². The summed E-state index contributed by atoms with van der Waals surface area (Å²) in [4.78, 5) is 24.6. The predicted octanol–water partition coefficient (Wildman–Crippen LogP) is 2.17. The van der Waals surface area contributed by atoms with Crippen LogP contribution in [0.2, 0.25) is 0 Å². The maximum atomic E-state index is 13.2. The van der Waals surface area contributed by atoms with Crippen molar-refractivity contribution >= 4 is 29.4 Å². The van der Waals surface area contributed by atoms with Gasteiger partial charge >= 0.3 is 12.0 Å². The summed E-state index contributed by atoms with van der Waals surface area (Å²) in [7, 11) is 0. The lowest BCUT2D eigenvalue weighted by atomic mass is 10.2. The van der Waals surface area contributed by atoms with E-state index in [1.54, 1.807) is 13.0 Å². The summed E-state index contributed by atoms with van der Waals surface area (Å²) in [6.45, 7) is 2.11. The van der Waals surface area contributed by atoms with Gasteiger partial charge in [0.05, 0.1) is 0 Å². The Morgan fingerprint density at radius 3 is 2.95 bits per heavy atom. The minimum absolute atomic E-state index is 0.359. The Hall–Kier alpha value is -1.76. The lowest BCUT2D eigenvalue weighted by molar-refractivity contribution is -0.141. The van der Waals surface area contributed by atoms with Gasteiger partial charge < -0.3 is 15.3 Å². The number of aryl methyl sites for hydroxylation is 1. The molecule has 2 amide bonds. The minimum atomic E-state index is -1.02. The van der Waals surface area contributed by atoms with Crippen LogP contribution in [-0.4, -0.2) is 46.1 Å². The first-order valence-corrected chi connectivity index (χ1v) is 7.29. The van der Waals surface area contributed by atoms with Crippen LogP contribution in [0.4, 0.5) is 14.9 Å². The number of urea groups is 1. The number of thioether (sulfide) groups is 1. The van der Waals surface area contributed by atoms with Crippen molar-refractivity contribution in [3.8, 4) is 0 Å². The third-order valence-electron chi connectivity index (χ3n) is 3.12. The second kappa shape index (κ2) is 6.13. The molecule has 0 aliphatic carbocycles. The van der Waals surface area contributed by atoms with Crippen LogP contribution in [0.3, 0.4) is 0 Å². The van der Waals surface area contributed by atoms with Crippen LogP contribution >= 0.6 is 11.8 Å². The van der Waals surface area contributed by atoms with Crippen molar-refractivity contribution < 1.29 is 19.1 Å². The Balaban J connectivity index is 2.14. The number of carbonyl (C=O) groups excluding carboxylic acids is 1. The lowest BCUT2D eigenvalue weighted by Gasteiger charge is -2.32. The smallest absolute Gasteiger partial charge is 0.327 e. The molecule has 0 radical (unpaired) electrons. The molecular formula is C13H15FN2O3S. The van der Waals surface area contributed by atoms with Gasteiger partial charge in [-0.05, 0) is 24.6 Å². The molecule has 1 aromatic rings. The number of halogens is 1. The van der Waals surface area contributed by atoms with Crippen molar-refractivity contribution in [2.75, 3.05) is 23.4 Å². The normalized spacial score (nSPS) is 18.7. The topological polar surface area (TPSA) is 69.6 Å². The van der Waals surface area contributed by atoms with E-state index in [9.17, 15) is 14.0 Å². The van der Waals surface area contributed by atoms with Gasteiger partial charge in [0.2, 0.25) is 0 Å². The van der Waals surface area contributed by atoms with Crippen LogP contribution in [0.5, 0.6) is 0 Å². The van der Waals surface area contributed by atoms with E-state index in [0.717, 1.165) is 5.56 Å². The third kappa shape index (κ3) is 3.22. The average Bonchev–Trinajstić information content (AvgIpc) is 2.42. The maximum Gasteiger partial charge on any atom is 0.327 e. The largest absolute Gasteiger partial charge is 0.480 e. The van der Waals surface area contributed by atoms with Crippen molar-refractivity contribution in [1.82, 2.24) is 4.90 Å². The van der Waals surface area contributed by atoms with Gasteiger partial charge in [0.1, 0.15) is 11.9 Å². The van der Waals surface area contributed by atoms with E-state index >= 15 is 0 Å². The molecule has 0 aromatic heterocycles. The second-order valence-electron chi connectivity index (χ2n) is 4.51. The molecule has 1 heterocycles. The standard InChI is InChI=1S/C13H15FN2O3S/c1-8-2-3-9(14)6-10(8)15-13(19)16-4-5-20-7-11(16)12(17)18/h2-3,6,11H,4-5,7H2,1H3,(H,15,19)(H,17,18). The van der Waals surface area contributed by atoms with Gasteiger partial charge in [-0.2, -0.15) is 11.8 Å². The van der Waals surface area contributed by atoms with E-state index in [-0.39, 0.29) is 0 Å². The Labute approximate surface area is 120 Å². The molecule has 1 aliphatic heterocycles. The van der Waals surface area contributed by atoms with E-state index in [0.29, 0.717) is 23.7 Å². The summed E-state index contributed by atoms with van der Waals surface area (Å²) < 4.78 is 13.2. The van der Waals surface area contributed by atoms with E-state index < -0.39 is 23.9 Å². The summed E-state index contributed by atoms with van der Waals surface area (Å²) in [5.41, 5.74) is 1.08. The molecule has 2 N–H and O–H groups in total. The van der Waals surface area contributed by atoms with Crippen LogP contribution in [0.1, 0.15) is 5.56 Å². The van der Waals surface area contributed by atoms with Gasteiger partial charge in [-0.1, -0.05) is 6.07 Å². The van der Waals surface area contributed by atoms with Gasteiger partial charge in [0.25, 0.3) is 0 Å². The first-order chi connectivity index (χ1) is 9.49. The van der Waals surface area contributed by atoms with Crippen LogP contribution in [-0.2, 0) is 4.79 Å². The molecule has 2 rings (SSSR count). The van der Waals surface area contributed by atoms with Crippen molar-refractivity contribution in [3.05, 3.63) is 29.6 Å². The lowest BCUT2D eigenvalue weighted by Crippen LogP contribution is -2.51. The van der Waals surface area contributed by atoms with E-state index in [2.05, 4.69) is 5.32 Å². The van der Waals surface area contributed by atoms with Gasteiger partial charge in [-0.25, -0.2) is 14.0 Å². The predicted molar refractivity (Wildman–Crippen MR) is 75.6 cm³/mol. The molecule has 108 valence electrons. The van der Waals surface area contributed by atoms with Crippen LogP contribution in [0, 0.1) is 12.7 Å². The number of carboxylic acid groups (broad SMARTS) is 1. The monoisotopic (exact) mass is 298 g/mol. The summed E-state index contributed by atoms with van der Waals surface area (Å²) in [6.07, 6.45) is 0. The van der Waals surface area contributed by atoms with Crippen molar-refractivity contribution in [3.63, 3.8) is 0 Å². The molecule has 1 unspecified atom stereocenters. The van der Waals surface area contributed by atoms with E-state index in [1.165, 1.54) is 28.8 Å². The van der Waals surface area contributed by atoms with Crippen molar-refractivity contribution in [2.24, 2.45) is 0 Å². The number of carboxylic acids is 1. The molecule has 20 heavy (non-hydrogen) atoms. The van der Waals surface area contributed by atoms with Crippen LogP contribution in [0.25, 0.3) is 0 Å².